The predicted molar refractivity (Wildman–Crippen MR) is 96.4 cm³/mol. The van der Waals surface area contributed by atoms with E-state index in [9.17, 15) is 4.79 Å². The predicted octanol–water partition coefficient (Wildman–Crippen LogP) is 3.11. The summed E-state index contributed by atoms with van der Waals surface area (Å²) < 4.78 is 7.96. The second kappa shape index (κ2) is 6.97. The Morgan fingerprint density at radius 2 is 1.96 bits per heavy atom. The molecule has 0 spiro atoms. The first-order valence-corrected chi connectivity index (χ1v) is 8.68. The summed E-state index contributed by atoms with van der Waals surface area (Å²) in [5, 5.41) is 1.17. The summed E-state index contributed by atoms with van der Waals surface area (Å²) >= 11 is 0. The fourth-order valence-corrected chi connectivity index (χ4v) is 3.36. The number of para-hydroxylation sites is 1. The molecule has 25 heavy (non-hydrogen) atoms. The van der Waals surface area contributed by atoms with E-state index in [0.29, 0.717) is 6.54 Å². The van der Waals surface area contributed by atoms with Crippen LogP contribution in [-0.4, -0.2) is 39.6 Å². The van der Waals surface area contributed by atoms with Crippen molar-refractivity contribution in [3.63, 3.8) is 0 Å². The summed E-state index contributed by atoms with van der Waals surface area (Å²) in [5.74, 6) is 0.965. The molecule has 3 aromatic rings. The number of hydrogen-bond acceptors (Lipinski definition) is 3. The van der Waals surface area contributed by atoms with Gasteiger partial charge in [0.1, 0.15) is 18.4 Å². The van der Waals surface area contributed by atoms with Crippen molar-refractivity contribution in [1.29, 1.82) is 0 Å². The van der Waals surface area contributed by atoms with Crippen LogP contribution in [0.5, 0.6) is 5.75 Å². The van der Waals surface area contributed by atoms with E-state index in [0.717, 1.165) is 37.2 Å². The molecule has 1 amide bonds. The third-order valence-electron chi connectivity index (χ3n) is 4.72. The van der Waals surface area contributed by atoms with Gasteiger partial charge in [0.2, 0.25) is 5.91 Å². The number of fused-ring (bicyclic) bond motifs is 1. The average molecular weight is 335 g/mol. The zero-order chi connectivity index (χ0) is 17.1. The van der Waals surface area contributed by atoms with E-state index in [1.807, 2.05) is 39.9 Å². The van der Waals surface area contributed by atoms with Crippen molar-refractivity contribution >= 4 is 16.8 Å². The van der Waals surface area contributed by atoms with Gasteiger partial charge in [-0.25, -0.2) is 0 Å². The number of piperidine rings is 1. The summed E-state index contributed by atoms with van der Waals surface area (Å²) in [6.45, 7) is 1.87. The lowest BCUT2D eigenvalue weighted by Gasteiger charge is -2.32. The van der Waals surface area contributed by atoms with Gasteiger partial charge in [-0.1, -0.05) is 18.2 Å². The molecule has 0 bridgehead atoms. The quantitative estimate of drug-likeness (QED) is 0.736. The van der Waals surface area contributed by atoms with Crippen LogP contribution in [0.1, 0.15) is 12.8 Å². The van der Waals surface area contributed by atoms with E-state index >= 15 is 0 Å². The molecule has 0 atom stereocenters. The van der Waals surface area contributed by atoms with Crippen LogP contribution in [0.4, 0.5) is 0 Å². The third kappa shape index (κ3) is 3.50. The molecule has 0 N–H and O–H groups in total. The van der Waals surface area contributed by atoms with Gasteiger partial charge in [0.05, 0.1) is 6.20 Å². The standard InChI is InChI=1S/C20H21N3O2/c24-20(15-23-11-7-16-4-1-2-6-19(16)23)22-12-8-17(9-13-22)25-18-5-3-10-21-14-18/h1-7,10-11,14,17H,8-9,12-13,15H2. The molecule has 0 unspecified atom stereocenters. The van der Waals surface area contributed by atoms with Crippen molar-refractivity contribution in [1.82, 2.24) is 14.5 Å². The van der Waals surface area contributed by atoms with Crippen LogP contribution in [0.15, 0.2) is 61.1 Å². The second-order valence-electron chi connectivity index (χ2n) is 6.39. The maximum Gasteiger partial charge on any atom is 0.242 e. The molecule has 0 saturated carbocycles. The molecule has 4 rings (SSSR count). The van der Waals surface area contributed by atoms with Crippen LogP contribution in [0.2, 0.25) is 0 Å². The van der Waals surface area contributed by atoms with Gasteiger partial charge in [-0.2, -0.15) is 0 Å². The van der Waals surface area contributed by atoms with Crippen LogP contribution >= 0.6 is 0 Å². The molecule has 3 heterocycles. The molecular weight excluding hydrogens is 314 g/mol. The van der Waals surface area contributed by atoms with Crippen LogP contribution in [0.3, 0.4) is 0 Å². The molecule has 0 aliphatic carbocycles. The Hall–Kier alpha value is -2.82. The number of hydrogen-bond donors (Lipinski definition) is 0. The molecule has 5 heteroatoms. The number of aromatic nitrogens is 2. The van der Waals surface area contributed by atoms with E-state index in [2.05, 4.69) is 23.2 Å². The maximum atomic E-state index is 12.6. The van der Waals surface area contributed by atoms with Gasteiger partial charge in [0, 0.05) is 43.8 Å². The molecular formula is C20H21N3O2. The lowest BCUT2D eigenvalue weighted by molar-refractivity contribution is -0.133. The summed E-state index contributed by atoms with van der Waals surface area (Å²) in [7, 11) is 0. The van der Waals surface area contributed by atoms with E-state index in [1.54, 1.807) is 12.4 Å². The van der Waals surface area contributed by atoms with Crippen LogP contribution in [0, 0.1) is 0 Å². The highest BCUT2D eigenvalue weighted by molar-refractivity contribution is 5.83. The number of pyridine rings is 1. The van der Waals surface area contributed by atoms with Gasteiger partial charge in [0.15, 0.2) is 0 Å². The van der Waals surface area contributed by atoms with Crippen LogP contribution < -0.4 is 4.74 Å². The van der Waals surface area contributed by atoms with Crippen molar-refractivity contribution in [3.8, 4) is 5.75 Å². The van der Waals surface area contributed by atoms with Crippen molar-refractivity contribution < 1.29 is 9.53 Å². The molecule has 5 nitrogen and oxygen atoms in total. The van der Waals surface area contributed by atoms with Crippen molar-refractivity contribution in [2.45, 2.75) is 25.5 Å². The number of carbonyl (C=O) groups is 1. The van der Waals surface area contributed by atoms with Crippen molar-refractivity contribution in [3.05, 3.63) is 61.1 Å². The molecule has 2 aromatic heterocycles. The molecule has 1 aliphatic heterocycles. The van der Waals surface area contributed by atoms with E-state index in [-0.39, 0.29) is 12.0 Å². The Bertz CT molecular complexity index is 852. The zero-order valence-electron chi connectivity index (χ0n) is 14.0. The minimum atomic E-state index is 0.153. The minimum absolute atomic E-state index is 0.153. The first kappa shape index (κ1) is 15.7. The van der Waals surface area contributed by atoms with Gasteiger partial charge in [-0.15, -0.1) is 0 Å². The van der Waals surface area contributed by atoms with E-state index in [4.69, 9.17) is 4.74 Å². The summed E-state index contributed by atoms with van der Waals surface area (Å²) in [6.07, 6.45) is 7.31. The van der Waals surface area contributed by atoms with Gasteiger partial charge in [0.25, 0.3) is 0 Å². The van der Waals surface area contributed by atoms with Crippen LogP contribution in [0.25, 0.3) is 10.9 Å². The van der Waals surface area contributed by atoms with E-state index < -0.39 is 0 Å². The van der Waals surface area contributed by atoms with Crippen LogP contribution in [-0.2, 0) is 11.3 Å². The summed E-state index contributed by atoms with van der Waals surface area (Å²) in [4.78, 5) is 18.6. The van der Waals surface area contributed by atoms with Gasteiger partial charge in [-0.3, -0.25) is 9.78 Å². The highest BCUT2D eigenvalue weighted by Gasteiger charge is 2.24. The van der Waals surface area contributed by atoms with Crippen molar-refractivity contribution in [2.24, 2.45) is 0 Å². The molecule has 128 valence electrons. The average Bonchev–Trinajstić information content (AvgIpc) is 3.06. The number of rotatable bonds is 4. The fourth-order valence-electron chi connectivity index (χ4n) is 3.36. The van der Waals surface area contributed by atoms with Gasteiger partial charge in [-0.05, 0) is 29.7 Å². The van der Waals surface area contributed by atoms with E-state index in [1.165, 1.54) is 5.39 Å². The number of carbonyl (C=O) groups excluding carboxylic acids is 1. The highest BCUT2D eigenvalue weighted by atomic mass is 16.5. The lowest BCUT2D eigenvalue weighted by atomic mass is 10.1. The summed E-state index contributed by atoms with van der Waals surface area (Å²) in [6, 6.07) is 14.0. The molecule has 0 radical (unpaired) electrons. The second-order valence-corrected chi connectivity index (χ2v) is 6.39. The topological polar surface area (TPSA) is 47.4 Å². The Morgan fingerprint density at radius 3 is 2.76 bits per heavy atom. The molecule has 1 aromatic carbocycles. The Kier molecular flexibility index (Phi) is 4.37. The number of ether oxygens (including phenoxy) is 1. The molecule has 1 saturated heterocycles. The fraction of sp³-hybridized carbons (Fsp3) is 0.300. The first-order valence-electron chi connectivity index (χ1n) is 8.68. The first-order chi connectivity index (χ1) is 12.3. The number of benzene rings is 1. The Labute approximate surface area is 146 Å². The number of likely N-dealkylation sites (tertiary alicyclic amines) is 1. The third-order valence-corrected chi connectivity index (χ3v) is 4.72. The normalized spacial score (nSPS) is 15.4. The summed E-state index contributed by atoms with van der Waals surface area (Å²) in [5.41, 5.74) is 1.10. The Balaban J connectivity index is 1.33. The highest BCUT2D eigenvalue weighted by Crippen LogP contribution is 2.19. The van der Waals surface area contributed by atoms with Gasteiger partial charge < -0.3 is 14.2 Å². The maximum absolute atomic E-state index is 12.6. The monoisotopic (exact) mass is 335 g/mol. The molecule has 1 fully saturated rings. The number of amides is 1. The van der Waals surface area contributed by atoms with Gasteiger partial charge >= 0.3 is 0 Å². The number of nitrogens with zero attached hydrogens (tertiary/aromatic N) is 3. The smallest absolute Gasteiger partial charge is 0.242 e. The largest absolute Gasteiger partial charge is 0.489 e. The van der Waals surface area contributed by atoms with Crippen molar-refractivity contribution in [2.75, 3.05) is 13.1 Å². The molecule has 1 aliphatic rings. The zero-order valence-corrected chi connectivity index (χ0v) is 14.0. The lowest BCUT2D eigenvalue weighted by Crippen LogP contribution is -2.43. The minimum Gasteiger partial charge on any atom is -0.489 e. The Morgan fingerprint density at radius 1 is 1.12 bits per heavy atom. The SMILES string of the molecule is O=C(Cn1ccc2ccccc21)N1CCC(Oc2cccnc2)CC1.